The summed E-state index contributed by atoms with van der Waals surface area (Å²) >= 11 is 0. The van der Waals surface area contributed by atoms with Crippen molar-refractivity contribution >= 4 is 0 Å². The van der Waals surface area contributed by atoms with Crippen LogP contribution in [0.3, 0.4) is 0 Å². The van der Waals surface area contributed by atoms with E-state index in [2.05, 4.69) is 49.3 Å². The minimum Gasteiger partial charge on any atom is -0.496 e. The molecule has 0 spiro atoms. The van der Waals surface area contributed by atoms with Crippen LogP contribution in [0.5, 0.6) is 5.75 Å². The minimum atomic E-state index is 0.369. The fraction of sp³-hybridized carbons (Fsp3) is 0.647. The molecule has 0 heterocycles. The third-order valence-corrected chi connectivity index (χ3v) is 4.50. The molecular formula is C17H28N2O. The smallest absolute Gasteiger partial charge is 0.123 e. The van der Waals surface area contributed by atoms with E-state index in [1.807, 2.05) is 7.05 Å². The summed E-state index contributed by atoms with van der Waals surface area (Å²) in [5, 5.41) is 3.29. The first-order valence-electron chi connectivity index (χ1n) is 7.57. The highest BCUT2D eigenvalue weighted by molar-refractivity contribution is 5.38. The highest BCUT2D eigenvalue weighted by atomic mass is 16.5. The Labute approximate surface area is 123 Å². The van der Waals surface area contributed by atoms with Gasteiger partial charge in [0.2, 0.25) is 0 Å². The van der Waals surface area contributed by atoms with Gasteiger partial charge in [0, 0.05) is 24.7 Å². The molecule has 1 aliphatic carbocycles. The molecule has 3 atom stereocenters. The Morgan fingerprint density at radius 3 is 2.70 bits per heavy atom. The molecule has 0 amide bonds. The summed E-state index contributed by atoms with van der Waals surface area (Å²) in [6.07, 6.45) is 1.39. The highest BCUT2D eigenvalue weighted by Crippen LogP contribution is 2.38. The normalized spacial score (nSPS) is 22.9. The average molecular weight is 276 g/mol. The van der Waals surface area contributed by atoms with E-state index in [1.54, 1.807) is 7.11 Å². The number of hydrogen-bond acceptors (Lipinski definition) is 3. The van der Waals surface area contributed by atoms with Gasteiger partial charge in [-0.15, -0.1) is 0 Å². The summed E-state index contributed by atoms with van der Waals surface area (Å²) in [5.41, 5.74) is 2.60. The number of nitrogens with one attached hydrogen (secondary N) is 1. The first-order valence-corrected chi connectivity index (χ1v) is 7.57. The van der Waals surface area contributed by atoms with Gasteiger partial charge in [0.25, 0.3) is 0 Å². The molecule has 0 radical (unpaired) electrons. The molecule has 1 N–H and O–H groups in total. The van der Waals surface area contributed by atoms with Gasteiger partial charge in [-0.2, -0.15) is 0 Å². The van der Waals surface area contributed by atoms with Gasteiger partial charge in [0.05, 0.1) is 7.11 Å². The van der Waals surface area contributed by atoms with Gasteiger partial charge < -0.3 is 15.0 Å². The molecule has 0 aliphatic heterocycles. The molecule has 3 heteroatoms. The van der Waals surface area contributed by atoms with E-state index >= 15 is 0 Å². The van der Waals surface area contributed by atoms with E-state index in [1.165, 1.54) is 24.1 Å². The lowest BCUT2D eigenvalue weighted by atomic mass is 10.0. The van der Waals surface area contributed by atoms with Crippen molar-refractivity contribution in [1.29, 1.82) is 0 Å². The Balaban J connectivity index is 2.07. The maximum atomic E-state index is 5.51. The zero-order valence-corrected chi connectivity index (χ0v) is 13.4. The molecule has 0 aromatic heterocycles. The predicted molar refractivity (Wildman–Crippen MR) is 84.1 cm³/mol. The first kappa shape index (κ1) is 15.3. The quantitative estimate of drug-likeness (QED) is 0.828. The van der Waals surface area contributed by atoms with Crippen molar-refractivity contribution in [2.24, 2.45) is 11.8 Å². The largest absolute Gasteiger partial charge is 0.496 e. The van der Waals surface area contributed by atoms with Crippen LogP contribution in [0.25, 0.3) is 0 Å². The number of benzene rings is 1. The summed E-state index contributed by atoms with van der Waals surface area (Å²) < 4.78 is 5.51. The summed E-state index contributed by atoms with van der Waals surface area (Å²) in [4.78, 5) is 2.42. The summed E-state index contributed by atoms with van der Waals surface area (Å²) in [6.45, 7) is 6.67. The second-order valence-corrected chi connectivity index (χ2v) is 6.25. The Kier molecular flexibility index (Phi) is 5.06. The lowest BCUT2D eigenvalue weighted by Crippen LogP contribution is -2.21. The number of rotatable bonds is 7. The van der Waals surface area contributed by atoms with E-state index in [9.17, 15) is 0 Å². The molecule has 2 rings (SSSR count). The van der Waals surface area contributed by atoms with Gasteiger partial charge in [-0.3, -0.25) is 0 Å². The van der Waals surface area contributed by atoms with Crippen molar-refractivity contribution in [2.45, 2.75) is 32.9 Å². The first-order chi connectivity index (χ1) is 9.55. The van der Waals surface area contributed by atoms with Crippen molar-refractivity contribution in [3.8, 4) is 5.75 Å². The molecule has 1 aromatic carbocycles. The molecular weight excluding hydrogens is 248 g/mol. The Morgan fingerprint density at radius 2 is 2.15 bits per heavy atom. The van der Waals surface area contributed by atoms with Crippen molar-refractivity contribution in [1.82, 2.24) is 10.2 Å². The van der Waals surface area contributed by atoms with Gasteiger partial charge in [-0.05, 0) is 57.0 Å². The average Bonchev–Trinajstić information content (AvgIpc) is 3.12. The molecule has 1 fully saturated rings. The molecule has 3 nitrogen and oxygen atoms in total. The number of hydrogen-bond donors (Lipinski definition) is 1. The van der Waals surface area contributed by atoms with Crippen LogP contribution in [0, 0.1) is 11.8 Å². The zero-order chi connectivity index (χ0) is 14.7. The third kappa shape index (κ3) is 3.74. The minimum absolute atomic E-state index is 0.369. The van der Waals surface area contributed by atoms with Crippen molar-refractivity contribution < 1.29 is 4.74 Å². The lowest BCUT2D eigenvalue weighted by molar-refractivity contribution is 0.300. The van der Waals surface area contributed by atoms with Crippen molar-refractivity contribution in [2.75, 3.05) is 27.7 Å². The topological polar surface area (TPSA) is 24.5 Å². The fourth-order valence-electron chi connectivity index (χ4n) is 2.77. The van der Waals surface area contributed by atoms with Crippen LogP contribution in [-0.2, 0) is 6.54 Å². The maximum Gasteiger partial charge on any atom is 0.123 e. The van der Waals surface area contributed by atoms with Gasteiger partial charge >= 0.3 is 0 Å². The van der Waals surface area contributed by atoms with Gasteiger partial charge in [0.1, 0.15) is 5.75 Å². The molecule has 1 saturated carbocycles. The van der Waals surface area contributed by atoms with Crippen LogP contribution in [0.15, 0.2) is 18.2 Å². The molecule has 0 saturated heterocycles. The Hall–Kier alpha value is -1.06. The maximum absolute atomic E-state index is 5.51. The van der Waals surface area contributed by atoms with Crippen LogP contribution >= 0.6 is 0 Å². The fourth-order valence-corrected chi connectivity index (χ4v) is 2.77. The van der Waals surface area contributed by atoms with Gasteiger partial charge in [0.15, 0.2) is 0 Å². The second-order valence-electron chi connectivity index (χ2n) is 6.25. The van der Waals surface area contributed by atoms with Crippen LogP contribution in [-0.4, -0.2) is 32.6 Å². The summed E-state index contributed by atoms with van der Waals surface area (Å²) in [5.74, 6) is 2.80. The molecule has 20 heavy (non-hydrogen) atoms. The van der Waals surface area contributed by atoms with Crippen LogP contribution in [0.1, 0.15) is 37.4 Å². The van der Waals surface area contributed by atoms with E-state index in [4.69, 9.17) is 4.74 Å². The van der Waals surface area contributed by atoms with E-state index in [0.717, 1.165) is 24.1 Å². The zero-order valence-electron chi connectivity index (χ0n) is 13.4. The van der Waals surface area contributed by atoms with Crippen LogP contribution < -0.4 is 10.1 Å². The van der Waals surface area contributed by atoms with Crippen LogP contribution in [0.4, 0.5) is 0 Å². The SMILES string of the molecule is CNC(C)c1ccc(OC)c(CN(C)CC2CC2C)c1. The molecule has 3 unspecified atom stereocenters. The van der Waals surface area contributed by atoms with E-state index in [0.29, 0.717) is 6.04 Å². The van der Waals surface area contributed by atoms with Gasteiger partial charge in [-0.25, -0.2) is 0 Å². The number of ether oxygens (including phenoxy) is 1. The van der Waals surface area contributed by atoms with Crippen molar-refractivity contribution in [3.63, 3.8) is 0 Å². The van der Waals surface area contributed by atoms with Crippen LogP contribution in [0.2, 0.25) is 0 Å². The number of methoxy groups -OCH3 is 1. The molecule has 0 bridgehead atoms. The van der Waals surface area contributed by atoms with Crippen molar-refractivity contribution in [3.05, 3.63) is 29.3 Å². The Morgan fingerprint density at radius 1 is 1.45 bits per heavy atom. The Bertz CT molecular complexity index is 447. The monoisotopic (exact) mass is 276 g/mol. The molecule has 112 valence electrons. The van der Waals surface area contributed by atoms with E-state index < -0.39 is 0 Å². The second kappa shape index (κ2) is 6.59. The van der Waals surface area contributed by atoms with Gasteiger partial charge in [-0.1, -0.05) is 13.0 Å². The molecule has 1 aliphatic rings. The predicted octanol–water partition coefficient (Wildman–Crippen LogP) is 3.06. The summed E-state index contributed by atoms with van der Waals surface area (Å²) in [6, 6.07) is 6.87. The lowest BCUT2D eigenvalue weighted by Gasteiger charge is -2.20. The highest BCUT2D eigenvalue weighted by Gasteiger charge is 2.33. The molecule has 1 aromatic rings. The standard InChI is InChI=1S/C17H28N2O/c1-12-8-15(12)10-19(4)11-16-9-14(13(2)18-3)6-7-17(16)20-5/h6-7,9,12-13,15,18H,8,10-11H2,1-5H3. The number of nitrogens with zero attached hydrogens (tertiary/aromatic N) is 1. The third-order valence-electron chi connectivity index (χ3n) is 4.50. The van der Waals surface area contributed by atoms with E-state index in [-0.39, 0.29) is 0 Å². The summed E-state index contributed by atoms with van der Waals surface area (Å²) in [7, 11) is 5.96.